The fraction of sp³-hybridized carbons (Fsp3) is 0.278. The maximum atomic E-state index is 12.1. The van der Waals surface area contributed by atoms with Crippen molar-refractivity contribution in [1.29, 1.82) is 0 Å². The lowest BCUT2D eigenvalue weighted by Gasteiger charge is -2.16. The molecule has 0 radical (unpaired) electrons. The molecule has 2 aromatic carbocycles. The Hall–Kier alpha value is -2.34. The zero-order valence-corrected chi connectivity index (χ0v) is 14.5. The van der Waals surface area contributed by atoms with Gasteiger partial charge >= 0.3 is 6.61 Å². The Morgan fingerprint density at radius 2 is 1.84 bits per heavy atom. The van der Waals surface area contributed by atoms with Crippen LogP contribution in [0.1, 0.15) is 18.1 Å². The zero-order chi connectivity index (χ0) is 18.4. The van der Waals surface area contributed by atoms with Crippen molar-refractivity contribution in [2.75, 3.05) is 0 Å². The van der Waals surface area contributed by atoms with Gasteiger partial charge in [0.25, 0.3) is 5.91 Å². The summed E-state index contributed by atoms with van der Waals surface area (Å²) in [5, 5.41) is 3.15. The molecule has 1 unspecified atom stereocenters. The van der Waals surface area contributed by atoms with Gasteiger partial charge in [-0.2, -0.15) is 8.78 Å². The number of benzene rings is 2. The molecular weight excluding hydrogens is 352 g/mol. The molecule has 0 fully saturated rings. The number of carbonyl (C=O) groups excluding carboxylic acids is 1. The molecule has 4 nitrogen and oxygen atoms in total. The van der Waals surface area contributed by atoms with Crippen molar-refractivity contribution in [3.63, 3.8) is 0 Å². The molecule has 7 heteroatoms. The van der Waals surface area contributed by atoms with E-state index in [1.165, 1.54) is 12.1 Å². The first-order valence-electron chi connectivity index (χ1n) is 7.59. The molecule has 25 heavy (non-hydrogen) atoms. The van der Waals surface area contributed by atoms with E-state index in [1.807, 2.05) is 13.0 Å². The SMILES string of the molecule is Cc1ccc(Cl)c(OC(C)C(=O)NCc2ccc(OC(F)F)cc2)c1. The maximum Gasteiger partial charge on any atom is 0.387 e. The van der Waals surface area contributed by atoms with Crippen LogP contribution in [0.4, 0.5) is 8.78 Å². The fourth-order valence-corrected chi connectivity index (χ4v) is 2.23. The van der Waals surface area contributed by atoms with Gasteiger partial charge < -0.3 is 14.8 Å². The maximum absolute atomic E-state index is 12.1. The summed E-state index contributed by atoms with van der Waals surface area (Å²) >= 11 is 6.05. The average molecular weight is 370 g/mol. The minimum atomic E-state index is -2.86. The highest BCUT2D eigenvalue weighted by Crippen LogP contribution is 2.26. The highest BCUT2D eigenvalue weighted by molar-refractivity contribution is 6.32. The lowest BCUT2D eigenvalue weighted by molar-refractivity contribution is -0.127. The van der Waals surface area contributed by atoms with E-state index >= 15 is 0 Å². The topological polar surface area (TPSA) is 47.6 Å². The van der Waals surface area contributed by atoms with Crippen LogP contribution in [-0.4, -0.2) is 18.6 Å². The molecule has 0 bridgehead atoms. The Labute approximate surface area is 149 Å². The van der Waals surface area contributed by atoms with Crippen LogP contribution in [0.2, 0.25) is 5.02 Å². The minimum absolute atomic E-state index is 0.0656. The molecule has 0 aliphatic heterocycles. The van der Waals surface area contributed by atoms with Crippen molar-refractivity contribution in [1.82, 2.24) is 5.32 Å². The van der Waals surface area contributed by atoms with Crippen molar-refractivity contribution >= 4 is 17.5 Å². The molecule has 0 heterocycles. The number of hydrogen-bond donors (Lipinski definition) is 1. The van der Waals surface area contributed by atoms with E-state index in [4.69, 9.17) is 16.3 Å². The van der Waals surface area contributed by atoms with Crippen LogP contribution >= 0.6 is 11.6 Å². The van der Waals surface area contributed by atoms with E-state index in [-0.39, 0.29) is 18.2 Å². The largest absolute Gasteiger partial charge is 0.479 e. The average Bonchev–Trinajstić information content (AvgIpc) is 2.56. The number of alkyl halides is 2. The van der Waals surface area contributed by atoms with E-state index in [0.29, 0.717) is 10.8 Å². The summed E-state index contributed by atoms with van der Waals surface area (Å²) in [4.78, 5) is 12.1. The van der Waals surface area contributed by atoms with E-state index in [1.54, 1.807) is 31.2 Å². The first-order valence-corrected chi connectivity index (χ1v) is 7.97. The molecule has 1 atom stereocenters. The second kappa shape index (κ2) is 8.67. The molecule has 0 spiro atoms. The van der Waals surface area contributed by atoms with Crippen molar-refractivity contribution in [3.8, 4) is 11.5 Å². The quantitative estimate of drug-likeness (QED) is 0.790. The Kier molecular flexibility index (Phi) is 6.58. The van der Waals surface area contributed by atoms with Crippen LogP contribution < -0.4 is 14.8 Å². The van der Waals surface area contributed by atoms with E-state index in [0.717, 1.165) is 11.1 Å². The van der Waals surface area contributed by atoms with Crippen LogP contribution in [0.3, 0.4) is 0 Å². The number of hydrogen-bond acceptors (Lipinski definition) is 3. The van der Waals surface area contributed by atoms with Gasteiger partial charge in [-0.05, 0) is 49.2 Å². The van der Waals surface area contributed by atoms with Gasteiger partial charge in [-0.25, -0.2) is 0 Å². The first kappa shape index (κ1) is 19.0. The molecule has 2 aromatic rings. The van der Waals surface area contributed by atoms with Crippen LogP contribution in [-0.2, 0) is 11.3 Å². The highest BCUT2D eigenvalue weighted by Gasteiger charge is 2.16. The lowest BCUT2D eigenvalue weighted by atomic mass is 10.2. The van der Waals surface area contributed by atoms with Crippen molar-refractivity contribution in [2.45, 2.75) is 33.1 Å². The summed E-state index contributed by atoms with van der Waals surface area (Å²) < 4.78 is 34.0. The second-order valence-electron chi connectivity index (χ2n) is 5.43. The van der Waals surface area contributed by atoms with Crippen LogP contribution in [0.5, 0.6) is 11.5 Å². The molecule has 1 amide bonds. The number of amides is 1. The Morgan fingerprint density at radius 3 is 2.48 bits per heavy atom. The minimum Gasteiger partial charge on any atom is -0.479 e. The summed E-state index contributed by atoms with van der Waals surface area (Å²) in [6.07, 6.45) is -0.735. The van der Waals surface area contributed by atoms with Gasteiger partial charge in [0.2, 0.25) is 0 Å². The lowest BCUT2D eigenvalue weighted by Crippen LogP contribution is -2.35. The number of nitrogens with one attached hydrogen (secondary N) is 1. The number of ether oxygens (including phenoxy) is 2. The Bertz CT molecular complexity index is 723. The molecule has 0 saturated heterocycles. The van der Waals surface area contributed by atoms with Gasteiger partial charge in [0, 0.05) is 6.54 Å². The summed E-state index contributed by atoms with van der Waals surface area (Å²) in [7, 11) is 0. The molecule has 0 aromatic heterocycles. The van der Waals surface area contributed by atoms with E-state index < -0.39 is 12.7 Å². The number of carbonyl (C=O) groups is 1. The monoisotopic (exact) mass is 369 g/mol. The summed E-state index contributed by atoms with van der Waals surface area (Å²) in [6.45, 7) is 0.892. The fourth-order valence-electron chi connectivity index (χ4n) is 2.07. The number of rotatable bonds is 7. The molecule has 0 aliphatic rings. The number of halogens is 3. The van der Waals surface area contributed by atoms with Crippen molar-refractivity contribution < 1.29 is 23.0 Å². The van der Waals surface area contributed by atoms with Gasteiger partial charge in [-0.3, -0.25) is 4.79 Å². The molecule has 2 rings (SSSR count). The predicted molar refractivity (Wildman–Crippen MR) is 91.2 cm³/mol. The normalized spacial score (nSPS) is 11.9. The summed E-state index contributed by atoms with van der Waals surface area (Å²) in [6, 6.07) is 11.3. The van der Waals surface area contributed by atoms with Crippen LogP contribution in [0, 0.1) is 6.92 Å². The van der Waals surface area contributed by atoms with E-state index in [2.05, 4.69) is 10.1 Å². The van der Waals surface area contributed by atoms with Gasteiger partial charge in [-0.1, -0.05) is 29.8 Å². The van der Waals surface area contributed by atoms with Crippen LogP contribution in [0.25, 0.3) is 0 Å². The third kappa shape index (κ3) is 5.90. The first-order chi connectivity index (χ1) is 11.8. The van der Waals surface area contributed by atoms with Crippen molar-refractivity contribution in [3.05, 3.63) is 58.6 Å². The molecule has 0 saturated carbocycles. The van der Waals surface area contributed by atoms with Crippen molar-refractivity contribution in [2.24, 2.45) is 0 Å². The standard InChI is InChI=1S/C18H18ClF2NO3/c1-11-3-8-15(19)16(9-11)24-12(2)17(23)22-10-13-4-6-14(7-5-13)25-18(20)21/h3-9,12,18H,10H2,1-2H3,(H,22,23). The Balaban J connectivity index is 1.87. The van der Waals surface area contributed by atoms with Gasteiger partial charge in [0.05, 0.1) is 5.02 Å². The van der Waals surface area contributed by atoms with E-state index in [9.17, 15) is 13.6 Å². The summed E-state index contributed by atoms with van der Waals surface area (Å²) in [5.74, 6) is 0.194. The molecule has 1 N–H and O–H groups in total. The van der Waals surface area contributed by atoms with Gasteiger partial charge in [0.1, 0.15) is 11.5 Å². The second-order valence-corrected chi connectivity index (χ2v) is 5.84. The Morgan fingerprint density at radius 1 is 1.16 bits per heavy atom. The third-order valence-corrected chi connectivity index (χ3v) is 3.69. The molecule has 134 valence electrons. The zero-order valence-electron chi connectivity index (χ0n) is 13.8. The van der Waals surface area contributed by atoms with Gasteiger partial charge in [-0.15, -0.1) is 0 Å². The number of aryl methyl sites for hydroxylation is 1. The molecule has 0 aliphatic carbocycles. The smallest absolute Gasteiger partial charge is 0.387 e. The molecular formula is C18H18ClF2NO3. The highest BCUT2D eigenvalue weighted by atomic mass is 35.5. The third-order valence-electron chi connectivity index (χ3n) is 3.37. The summed E-state index contributed by atoms with van der Waals surface area (Å²) in [5.41, 5.74) is 1.72. The predicted octanol–water partition coefficient (Wildman–Crippen LogP) is 4.33. The van der Waals surface area contributed by atoms with Crippen LogP contribution in [0.15, 0.2) is 42.5 Å². The van der Waals surface area contributed by atoms with Gasteiger partial charge in [0.15, 0.2) is 6.10 Å².